The molecular formula is C8H7N5O2. The van der Waals surface area contributed by atoms with Gasteiger partial charge in [-0.05, 0) is 22.6 Å². The van der Waals surface area contributed by atoms with E-state index in [2.05, 4.69) is 15.5 Å². The molecule has 0 saturated carbocycles. The quantitative estimate of drug-likeness (QED) is 0.665. The number of para-hydroxylation sites is 2. The number of tetrazole rings is 1. The Bertz CT molecular complexity index is 507. The van der Waals surface area contributed by atoms with Gasteiger partial charge in [0.2, 0.25) is 0 Å². The summed E-state index contributed by atoms with van der Waals surface area (Å²) < 4.78 is 1.08. The number of aromatic nitrogens is 4. The molecule has 0 aliphatic rings. The molecule has 0 saturated heterocycles. The van der Waals surface area contributed by atoms with Gasteiger partial charge in [0.05, 0.1) is 11.4 Å². The first-order valence-corrected chi connectivity index (χ1v) is 4.06. The maximum absolute atomic E-state index is 10.8. The number of carbonyl (C=O) groups is 1. The highest BCUT2D eigenvalue weighted by Gasteiger charge is 2.16. The lowest BCUT2D eigenvalue weighted by Gasteiger charge is -2.04. The van der Waals surface area contributed by atoms with Crippen molar-refractivity contribution >= 4 is 11.7 Å². The molecule has 76 valence electrons. The molecule has 3 N–H and O–H groups in total. The second-order valence-corrected chi connectivity index (χ2v) is 2.78. The maximum atomic E-state index is 10.8. The average Bonchev–Trinajstić information content (AvgIpc) is 2.67. The van der Waals surface area contributed by atoms with Crippen LogP contribution < -0.4 is 5.73 Å². The number of carboxylic acids is 1. The van der Waals surface area contributed by atoms with E-state index in [1.165, 1.54) is 0 Å². The predicted octanol–water partition coefficient (Wildman–Crippen LogP) is -0.0573. The fraction of sp³-hybridized carbons (Fsp3) is 0. The number of nitrogens with two attached hydrogens (primary N) is 1. The highest BCUT2D eigenvalue weighted by atomic mass is 16.4. The Morgan fingerprint density at radius 1 is 1.40 bits per heavy atom. The standard InChI is InChI=1S/C8H7N5O2/c9-5-3-1-2-4-6(5)13-7(8(14)15)10-11-12-13/h1-4H,9H2,(H,14,15). The SMILES string of the molecule is Nc1ccccc1-n1nnnc1C(=O)O. The lowest BCUT2D eigenvalue weighted by molar-refractivity contribution is 0.0680. The molecule has 7 heteroatoms. The monoisotopic (exact) mass is 205 g/mol. The highest BCUT2D eigenvalue weighted by molar-refractivity contribution is 5.84. The van der Waals surface area contributed by atoms with E-state index in [4.69, 9.17) is 10.8 Å². The number of hydrogen-bond donors (Lipinski definition) is 2. The first-order chi connectivity index (χ1) is 7.20. The van der Waals surface area contributed by atoms with Crippen LogP contribution in [-0.2, 0) is 0 Å². The van der Waals surface area contributed by atoms with Gasteiger partial charge < -0.3 is 10.8 Å². The smallest absolute Gasteiger partial charge is 0.376 e. The minimum atomic E-state index is -1.21. The van der Waals surface area contributed by atoms with Crippen molar-refractivity contribution in [2.75, 3.05) is 5.73 Å². The van der Waals surface area contributed by atoms with E-state index in [-0.39, 0.29) is 5.82 Å². The molecule has 1 aromatic carbocycles. The van der Waals surface area contributed by atoms with Crippen LogP contribution in [0.3, 0.4) is 0 Å². The summed E-state index contributed by atoms with van der Waals surface area (Å²) in [6.45, 7) is 0. The van der Waals surface area contributed by atoms with Crippen molar-refractivity contribution in [3.05, 3.63) is 30.1 Å². The molecule has 0 bridgehead atoms. The lowest BCUT2D eigenvalue weighted by atomic mass is 10.3. The van der Waals surface area contributed by atoms with Crippen LogP contribution in [0.5, 0.6) is 0 Å². The van der Waals surface area contributed by atoms with Crippen molar-refractivity contribution in [2.24, 2.45) is 0 Å². The van der Waals surface area contributed by atoms with Gasteiger partial charge in [0.25, 0.3) is 5.82 Å². The second-order valence-electron chi connectivity index (χ2n) is 2.78. The molecule has 1 heterocycles. The van der Waals surface area contributed by atoms with Crippen LogP contribution in [0.4, 0.5) is 5.69 Å². The molecule has 0 atom stereocenters. The maximum Gasteiger partial charge on any atom is 0.376 e. The summed E-state index contributed by atoms with van der Waals surface area (Å²) in [6.07, 6.45) is 0. The van der Waals surface area contributed by atoms with E-state index in [0.717, 1.165) is 4.68 Å². The van der Waals surface area contributed by atoms with Crippen LogP contribution in [-0.4, -0.2) is 31.3 Å². The zero-order valence-electron chi connectivity index (χ0n) is 7.53. The number of benzene rings is 1. The normalized spacial score (nSPS) is 10.1. The fourth-order valence-electron chi connectivity index (χ4n) is 1.16. The molecule has 0 fully saturated rings. The van der Waals surface area contributed by atoms with Crippen LogP contribution in [0.1, 0.15) is 10.6 Å². The molecule has 0 spiro atoms. The van der Waals surface area contributed by atoms with E-state index < -0.39 is 5.97 Å². The van der Waals surface area contributed by atoms with Gasteiger partial charge in [0.15, 0.2) is 0 Å². The van der Waals surface area contributed by atoms with E-state index >= 15 is 0 Å². The third-order valence-electron chi connectivity index (χ3n) is 1.83. The van der Waals surface area contributed by atoms with E-state index in [1.54, 1.807) is 24.3 Å². The molecule has 2 aromatic rings. The number of aromatic carboxylic acids is 1. The van der Waals surface area contributed by atoms with Crippen LogP contribution in [0.25, 0.3) is 5.69 Å². The molecule has 0 amide bonds. The van der Waals surface area contributed by atoms with Gasteiger partial charge in [-0.3, -0.25) is 0 Å². The van der Waals surface area contributed by atoms with Gasteiger partial charge in [-0.15, -0.1) is 5.10 Å². The minimum Gasteiger partial charge on any atom is -0.475 e. The summed E-state index contributed by atoms with van der Waals surface area (Å²) in [6, 6.07) is 6.74. The molecule has 0 aliphatic heterocycles. The number of nitrogens with zero attached hydrogens (tertiary/aromatic N) is 4. The summed E-state index contributed by atoms with van der Waals surface area (Å²) in [7, 11) is 0. The van der Waals surface area contributed by atoms with Gasteiger partial charge in [-0.1, -0.05) is 12.1 Å². The zero-order chi connectivity index (χ0) is 10.8. The number of carboxylic acid groups (broad SMARTS) is 1. The Morgan fingerprint density at radius 3 is 2.80 bits per heavy atom. The van der Waals surface area contributed by atoms with Crippen LogP contribution >= 0.6 is 0 Å². The molecule has 0 unspecified atom stereocenters. The molecule has 0 aliphatic carbocycles. The van der Waals surface area contributed by atoms with Crippen LogP contribution in [0.2, 0.25) is 0 Å². The Morgan fingerprint density at radius 2 is 2.13 bits per heavy atom. The zero-order valence-corrected chi connectivity index (χ0v) is 7.53. The van der Waals surface area contributed by atoms with Gasteiger partial charge in [0.1, 0.15) is 0 Å². The average molecular weight is 205 g/mol. The summed E-state index contributed by atoms with van der Waals surface area (Å²) in [5.41, 5.74) is 6.53. The van der Waals surface area contributed by atoms with Crippen molar-refractivity contribution in [3.63, 3.8) is 0 Å². The topological polar surface area (TPSA) is 107 Å². The third-order valence-corrected chi connectivity index (χ3v) is 1.83. The van der Waals surface area contributed by atoms with Crippen molar-refractivity contribution in [3.8, 4) is 5.69 Å². The Kier molecular flexibility index (Phi) is 2.05. The van der Waals surface area contributed by atoms with Gasteiger partial charge >= 0.3 is 5.97 Å². The number of anilines is 1. The Labute approximate surface area is 84.1 Å². The van der Waals surface area contributed by atoms with Gasteiger partial charge in [0, 0.05) is 0 Å². The molecule has 2 rings (SSSR count). The molecule has 0 radical (unpaired) electrons. The van der Waals surface area contributed by atoms with Crippen molar-refractivity contribution in [2.45, 2.75) is 0 Å². The van der Waals surface area contributed by atoms with E-state index in [9.17, 15) is 4.79 Å². The molecule has 7 nitrogen and oxygen atoms in total. The predicted molar refractivity (Wildman–Crippen MR) is 50.5 cm³/mol. The van der Waals surface area contributed by atoms with Crippen LogP contribution in [0.15, 0.2) is 24.3 Å². The summed E-state index contributed by atoms with van der Waals surface area (Å²) >= 11 is 0. The number of rotatable bonds is 2. The molecule has 15 heavy (non-hydrogen) atoms. The summed E-state index contributed by atoms with van der Waals surface area (Å²) in [5, 5.41) is 19.0. The highest BCUT2D eigenvalue weighted by Crippen LogP contribution is 2.15. The number of hydrogen-bond acceptors (Lipinski definition) is 5. The fourth-order valence-corrected chi connectivity index (χ4v) is 1.16. The lowest BCUT2D eigenvalue weighted by Crippen LogP contribution is -2.10. The Hall–Kier alpha value is -2.44. The van der Waals surface area contributed by atoms with E-state index in [0.29, 0.717) is 11.4 Å². The largest absolute Gasteiger partial charge is 0.475 e. The third kappa shape index (κ3) is 1.50. The van der Waals surface area contributed by atoms with Crippen molar-refractivity contribution < 1.29 is 9.90 Å². The minimum absolute atomic E-state index is 0.270. The summed E-state index contributed by atoms with van der Waals surface area (Å²) in [4.78, 5) is 10.8. The van der Waals surface area contributed by atoms with Crippen molar-refractivity contribution in [1.82, 2.24) is 20.2 Å². The Balaban J connectivity index is 2.59. The first-order valence-electron chi connectivity index (χ1n) is 4.06. The molecule has 1 aromatic heterocycles. The first kappa shape index (κ1) is 9.13. The van der Waals surface area contributed by atoms with E-state index in [1.807, 2.05) is 0 Å². The van der Waals surface area contributed by atoms with Crippen LogP contribution in [0, 0.1) is 0 Å². The van der Waals surface area contributed by atoms with Gasteiger partial charge in [-0.25, -0.2) is 4.79 Å². The summed E-state index contributed by atoms with van der Waals surface area (Å²) in [5.74, 6) is -1.48. The van der Waals surface area contributed by atoms with Gasteiger partial charge in [-0.2, -0.15) is 4.68 Å². The number of nitrogen functional groups attached to an aromatic ring is 1. The van der Waals surface area contributed by atoms with Crippen molar-refractivity contribution in [1.29, 1.82) is 0 Å². The second kappa shape index (κ2) is 3.37. The molecular weight excluding hydrogens is 198 g/mol.